The monoisotopic (exact) mass is 512 g/mol. The third-order valence-corrected chi connectivity index (χ3v) is 5.21. The summed E-state index contributed by atoms with van der Waals surface area (Å²) < 4.78 is 16.3. The number of benzene rings is 2. The minimum absolute atomic E-state index is 0. The molecule has 2 aromatic carbocycles. The molecule has 2 amide bonds. The van der Waals surface area contributed by atoms with Crippen molar-refractivity contribution in [1.29, 1.82) is 0 Å². The molecule has 12 heteroatoms. The van der Waals surface area contributed by atoms with E-state index in [0.717, 1.165) is 6.07 Å². The van der Waals surface area contributed by atoms with Crippen LogP contribution in [0.1, 0.15) is 51.0 Å². The summed E-state index contributed by atoms with van der Waals surface area (Å²) in [6, 6.07) is 13.9. The molecule has 184 valence electrons. The number of halogens is 1. The van der Waals surface area contributed by atoms with E-state index in [9.17, 15) is 18.8 Å². The van der Waals surface area contributed by atoms with Gasteiger partial charge in [0.05, 0.1) is 11.1 Å². The van der Waals surface area contributed by atoms with E-state index in [1.54, 1.807) is 24.5 Å². The molecule has 4 rings (SSSR count). The Morgan fingerprint density at radius 1 is 0.946 bits per heavy atom. The topological polar surface area (TPSA) is 139 Å². The van der Waals surface area contributed by atoms with Crippen molar-refractivity contribution in [2.75, 3.05) is 10.6 Å². The van der Waals surface area contributed by atoms with Gasteiger partial charge in [-0.1, -0.05) is 6.07 Å². The number of nitrogens with zero attached hydrogens (tertiary/aromatic N) is 4. The van der Waals surface area contributed by atoms with Crippen molar-refractivity contribution in [3.05, 3.63) is 89.5 Å². The number of anilines is 2. The predicted molar refractivity (Wildman–Crippen MR) is 136 cm³/mol. The summed E-state index contributed by atoms with van der Waals surface area (Å²) >= 11 is 0. The van der Waals surface area contributed by atoms with Crippen LogP contribution in [0, 0.1) is 5.82 Å². The van der Waals surface area contributed by atoms with Crippen molar-refractivity contribution in [3.8, 4) is 11.5 Å². The number of carboxylic acid groups (broad SMARTS) is 1. The fraction of sp³-hybridized carbons (Fsp3) is 0.120. The van der Waals surface area contributed by atoms with E-state index >= 15 is 0 Å². The number of pyridine rings is 1. The summed E-state index contributed by atoms with van der Waals surface area (Å²) in [5.74, 6) is -2.50. The first-order chi connectivity index (χ1) is 17.2. The van der Waals surface area contributed by atoms with E-state index in [1.807, 2.05) is 18.4 Å². The minimum atomic E-state index is -1.11. The molecular weight excluding hydrogens is 490 g/mol. The zero-order valence-electron chi connectivity index (χ0n) is 19.3. The molecule has 2 heterocycles. The van der Waals surface area contributed by atoms with Gasteiger partial charge in [0.2, 0.25) is 0 Å². The number of nitrogens with one attached hydrogen (secondary N) is 2. The SMILES string of the molecule is CC(C)n1cnnc1-c1cccc(NC(=O)c2cc(NC(=O)c3ccc(C(=O)O)cc3)ccc2F)n1.[NaH]. The molecule has 2 aromatic heterocycles. The fourth-order valence-corrected chi connectivity index (χ4v) is 3.36. The molecule has 37 heavy (non-hydrogen) atoms. The van der Waals surface area contributed by atoms with E-state index < -0.39 is 23.6 Å². The first-order valence-corrected chi connectivity index (χ1v) is 10.9. The van der Waals surface area contributed by atoms with Gasteiger partial charge in [-0.05, 0) is 68.4 Å². The number of carboxylic acids is 1. The van der Waals surface area contributed by atoms with Crippen LogP contribution in [0.25, 0.3) is 11.5 Å². The molecule has 10 nitrogen and oxygen atoms in total. The van der Waals surface area contributed by atoms with Crippen LogP contribution >= 0.6 is 0 Å². The third kappa shape index (κ3) is 6.45. The number of carbonyl (C=O) groups excluding carboxylic acids is 2. The standard InChI is InChI=1S/C25H21FN6O4.Na.H/c1-14(2)32-13-27-31-22(32)20-4-3-5-21(29-20)30-24(34)18-12-17(10-11-19(18)26)28-23(33)15-6-8-16(9-7-15)25(35)36;;/h3-14H,1-2H3,(H,28,33)(H,35,36)(H,29,30,34);;. The van der Waals surface area contributed by atoms with Crippen molar-refractivity contribution < 1.29 is 23.9 Å². The Bertz CT molecular complexity index is 1460. The van der Waals surface area contributed by atoms with Crippen molar-refractivity contribution in [1.82, 2.24) is 19.7 Å². The van der Waals surface area contributed by atoms with Gasteiger partial charge in [0, 0.05) is 17.3 Å². The van der Waals surface area contributed by atoms with Crippen LogP contribution in [0.5, 0.6) is 0 Å². The van der Waals surface area contributed by atoms with Crippen LogP contribution in [0.15, 0.2) is 67.0 Å². The fourth-order valence-electron chi connectivity index (χ4n) is 3.36. The van der Waals surface area contributed by atoms with E-state index in [2.05, 4.69) is 25.8 Å². The van der Waals surface area contributed by atoms with Gasteiger partial charge in [-0.3, -0.25) is 9.59 Å². The summed E-state index contributed by atoms with van der Waals surface area (Å²) in [5.41, 5.74) is 0.599. The van der Waals surface area contributed by atoms with Crippen LogP contribution < -0.4 is 10.6 Å². The molecule has 0 aliphatic carbocycles. The Balaban J connectivity index is 0.00000380. The van der Waals surface area contributed by atoms with Crippen LogP contribution in [-0.4, -0.2) is 72.2 Å². The molecular formula is C25H22FN6NaO4. The van der Waals surface area contributed by atoms with Crippen molar-refractivity contribution in [2.24, 2.45) is 0 Å². The molecule has 0 unspecified atom stereocenters. The van der Waals surface area contributed by atoms with Gasteiger partial charge >= 0.3 is 35.5 Å². The van der Waals surface area contributed by atoms with Crippen LogP contribution in [0.4, 0.5) is 15.9 Å². The maximum atomic E-state index is 14.5. The Labute approximate surface area is 233 Å². The zero-order chi connectivity index (χ0) is 25.8. The molecule has 0 fully saturated rings. The average molecular weight is 512 g/mol. The quantitative estimate of drug-likeness (QED) is 0.322. The summed E-state index contributed by atoms with van der Waals surface area (Å²) in [6.45, 7) is 3.94. The molecule has 0 atom stereocenters. The second-order valence-corrected chi connectivity index (χ2v) is 8.05. The summed E-state index contributed by atoms with van der Waals surface area (Å²) in [5, 5.41) is 22.1. The van der Waals surface area contributed by atoms with Crippen molar-refractivity contribution in [3.63, 3.8) is 0 Å². The van der Waals surface area contributed by atoms with Crippen molar-refractivity contribution in [2.45, 2.75) is 19.9 Å². The number of carbonyl (C=O) groups is 3. The number of aromatic carboxylic acids is 1. The first-order valence-electron chi connectivity index (χ1n) is 10.9. The third-order valence-electron chi connectivity index (χ3n) is 5.21. The van der Waals surface area contributed by atoms with Crippen molar-refractivity contribution >= 4 is 58.8 Å². The number of hydrogen-bond donors (Lipinski definition) is 3. The molecule has 0 spiro atoms. The van der Waals surface area contributed by atoms with Gasteiger partial charge in [0.1, 0.15) is 23.7 Å². The molecule has 3 N–H and O–H groups in total. The maximum absolute atomic E-state index is 14.5. The van der Waals surface area contributed by atoms with E-state index in [0.29, 0.717) is 11.5 Å². The van der Waals surface area contributed by atoms with Crippen LogP contribution in [-0.2, 0) is 0 Å². The second-order valence-electron chi connectivity index (χ2n) is 8.05. The second kappa shape index (κ2) is 11.9. The van der Waals surface area contributed by atoms with Gasteiger partial charge in [-0.2, -0.15) is 0 Å². The Morgan fingerprint density at radius 3 is 2.32 bits per heavy atom. The molecule has 4 aromatic rings. The number of amides is 2. The molecule has 0 aliphatic heterocycles. The molecule has 0 radical (unpaired) electrons. The van der Waals surface area contributed by atoms with Gasteiger partial charge in [-0.15, -0.1) is 10.2 Å². The van der Waals surface area contributed by atoms with Gasteiger partial charge < -0.3 is 20.3 Å². The Kier molecular flexibility index (Phi) is 8.87. The van der Waals surface area contributed by atoms with Crippen LogP contribution in [0.3, 0.4) is 0 Å². The number of hydrogen-bond acceptors (Lipinski definition) is 6. The summed E-state index contributed by atoms with van der Waals surface area (Å²) in [6.07, 6.45) is 1.59. The van der Waals surface area contributed by atoms with E-state index in [1.165, 1.54) is 36.4 Å². The first kappa shape index (κ1) is 27.7. The van der Waals surface area contributed by atoms with Crippen LogP contribution in [0.2, 0.25) is 0 Å². The number of rotatable bonds is 7. The summed E-state index contributed by atoms with van der Waals surface area (Å²) in [7, 11) is 0. The molecule has 0 saturated heterocycles. The summed E-state index contributed by atoms with van der Waals surface area (Å²) in [4.78, 5) is 40.7. The van der Waals surface area contributed by atoms with Gasteiger partial charge in [0.25, 0.3) is 11.8 Å². The number of aromatic nitrogens is 4. The Hall–Kier alpha value is -3.93. The molecule has 0 bridgehead atoms. The van der Waals surface area contributed by atoms with Gasteiger partial charge in [0.15, 0.2) is 5.82 Å². The van der Waals surface area contributed by atoms with E-state index in [4.69, 9.17) is 5.11 Å². The molecule has 0 aliphatic rings. The average Bonchev–Trinajstić information content (AvgIpc) is 3.36. The zero-order valence-corrected chi connectivity index (χ0v) is 19.3. The molecule has 0 saturated carbocycles. The van der Waals surface area contributed by atoms with Gasteiger partial charge in [-0.25, -0.2) is 14.2 Å². The Morgan fingerprint density at radius 2 is 1.65 bits per heavy atom. The normalized spacial score (nSPS) is 10.5. The predicted octanol–water partition coefficient (Wildman–Crippen LogP) is 3.61. The van der Waals surface area contributed by atoms with E-state index in [-0.39, 0.29) is 63.8 Å².